The van der Waals surface area contributed by atoms with Crippen LogP contribution in [0.3, 0.4) is 0 Å². The van der Waals surface area contributed by atoms with Gasteiger partial charge in [-0.2, -0.15) is 5.10 Å². The van der Waals surface area contributed by atoms with Gasteiger partial charge in [-0.1, -0.05) is 0 Å². The van der Waals surface area contributed by atoms with E-state index in [1.165, 1.54) is 6.07 Å². The number of aryl methyl sites for hydroxylation is 1. The van der Waals surface area contributed by atoms with E-state index in [1.54, 1.807) is 29.8 Å². The van der Waals surface area contributed by atoms with Crippen molar-refractivity contribution in [2.45, 2.75) is 6.92 Å². The van der Waals surface area contributed by atoms with E-state index < -0.39 is 0 Å². The average molecular weight is 306 g/mol. The minimum absolute atomic E-state index is 0.204. The van der Waals surface area contributed by atoms with Crippen molar-refractivity contribution in [2.24, 2.45) is 0 Å². The highest BCUT2D eigenvalue weighted by molar-refractivity contribution is 9.10. The van der Waals surface area contributed by atoms with Crippen LogP contribution in [0.4, 0.5) is 4.39 Å². The molecular weight excluding hydrogens is 297 g/mol. The largest absolute Gasteiger partial charge is 0.220 e. The maximum absolute atomic E-state index is 13.2. The van der Waals surface area contributed by atoms with Gasteiger partial charge in [0, 0.05) is 5.56 Å². The minimum atomic E-state index is -0.204. The van der Waals surface area contributed by atoms with Gasteiger partial charge in [0.2, 0.25) is 0 Å². The van der Waals surface area contributed by atoms with Crippen molar-refractivity contribution >= 4 is 21.6 Å². The molecule has 0 amide bonds. The molecule has 0 aliphatic heterocycles. The Hall–Kier alpha value is -1.75. The van der Waals surface area contributed by atoms with Crippen molar-refractivity contribution in [1.82, 2.24) is 14.6 Å². The number of fused-ring (bicyclic) bond motifs is 1. The van der Waals surface area contributed by atoms with Gasteiger partial charge in [0.25, 0.3) is 0 Å². The highest BCUT2D eigenvalue weighted by Crippen LogP contribution is 2.20. The van der Waals surface area contributed by atoms with Crippen LogP contribution in [-0.4, -0.2) is 14.6 Å². The van der Waals surface area contributed by atoms with Crippen molar-refractivity contribution in [2.75, 3.05) is 0 Å². The summed E-state index contributed by atoms with van der Waals surface area (Å²) in [7, 11) is 0. The predicted molar refractivity (Wildman–Crippen MR) is 70.8 cm³/mol. The number of aromatic nitrogens is 3. The molecule has 5 heteroatoms. The Morgan fingerprint density at radius 1 is 1.22 bits per heavy atom. The van der Waals surface area contributed by atoms with E-state index in [0.717, 1.165) is 21.5 Å². The molecule has 3 nitrogen and oxygen atoms in total. The summed E-state index contributed by atoms with van der Waals surface area (Å²) in [5.41, 5.74) is 3.06. The highest BCUT2D eigenvalue weighted by atomic mass is 79.9. The van der Waals surface area contributed by atoms with E-state index in [2.05, 4.69) is 26.0 Å². The fraction of sp³-hybridized carbons (Fsp3) is 0.0769. The smallest absolute Gasteiger partial charge is 0.154 e. The first-order chi connectivity index (χ1) is 8.63. The number of nitrogens with zero attached hydrogens (tertiary/aromatic N) is 3. The third kappa shape index (κ3) is 1.90. The highest BCUT2D eigenvalue weighted by Gasteiger charge is 2.05. The molecule has 90 valence electrons. The average Bonchev–Trinajstić information content (AvgIpc) is 2.71. The molecule has 0 spiro atoms. The van der Waals surface area contributed by atoms with E-state index >= 15 is 0 Å². The molecular formula is C13H9BrFN3. The molecule has 2 heterocycles. The zero-order chi connectivity index (χ0) is 12.7. The molecule has 0 saturated carbocycles. The Morgan fingerprint density at radius 2 is 2.06 bits per heavy atom. The summed E-state index contributed by atoms with van der Waals surface area (Å²) >= 11 is 3.31. The van der Waals surface area contributed by atoms with Crippen LogP contribution in [0.25, 0.3) is 16.9 Å². The zero-order valence-electron chi connectivity index (χ0n) is 9.56. The van der Waals surface area contributed by atoms with Gasteiger partial charge in [0.05, 0.1) is 11.9 Å². The Kier molecular flexibility index (Phi) is 2.63. The van der Waals surface area contributed by atoms with E-state index in [9.17, 15) is 4.39 Å². The number of imidazole rings is 1. The second kappa shape index (κ2) is 4.17. The van der Waals surface area contributed by atoms with E-state index in [-0.39, 0.29) is 5.82 Å². The third-order valence-corrected chi connectivity index (χ3v) is 3.13. The van der Waals surface area contributed by atoms with Crippen molar-refractivity contribution < 1.29 is 4.39 Å². The summed E-state index contributed by atoms with van der Waals surface area (Å²) in [6.07, 6.45) is 1.79. The topological polar surface area (TPSA) is 30.2 Å². The minimum Gasteiger partial charge on any atom is -0.220 e. The molecule has 3 rings (SSSR count). The van der Waals surface area contributed by atoms with E-state index in [1.807, 2.05) is 12.1 Å². The summed E-state index contributed by atoms with van der Waals surface area (Å²) in [5.74, 6) is -0.204. The van der Waals surface area contributed by atoms with Crippen LogP contribution in [0.15, 0.2) is 41.1 Å². The number of rotatable bonds is 1. The maximum Gasteiger partial charge on any atom is 0.154 e. The van der Waals surface area contributed by atoms with Gasteiger partial charge in [-0.05, 0) is 58.7 Å². The second-order valence-corrected chi connectivity index (χ2v) is 4.86. The summed E-state index contributed by atoms with van der Waals surface area (Å²) in [6.45, 7) is 1.74. The quantitative estimate of drug-likeness (QED) is 0.687. The van der Waals surface area contributed by atoms with Gasteiger partial charge in [-0.25, -0.2) is 13.9 Å². The molecule has 0 unspecified atom stereocenters. The lowest BCUT2D eigenvalue weighted by atomic mass is 10.1. The fourth-order valence-electron chi connectivity index (χ4n) is 1.81. The van der Waals surface area contributed by atoms with Gasteiger partial charge < -0.3 is 0 Å². The molecule has 0 aliphatic carbocycles. The Bertz CT molecular complexity index is 736. The lowest BCUT2D eigenvalue weighted by Gasteiger charge is -2.03. The van der Waals surface area contributed by atoms with Crippen LogP contribution >= 0.6 is 15.9 Å². The number of hydrogen-bond donors (Lipinski definition) is 0. The standard InChI is InChI=1S/C13H9BrFN3/c1-8-6-9(2-3-10(8)15)11-4-5-13-16-12(14)7-18(13)17-11/h2-7H,1H3. The maximum atomic E-state index is 13.2. The van der Waals surface area contributed by atoms with Gasteiger partial charge in [-0.3, -0.25) is 0 Å². The Morgan fingerprint density at radius 3 is 2.83 bits per heavy atom. The lowest BCUT2D eigenvalue weighted by molar-refractivity contribution is 0.618. The van der Waals surface area contributed by atoms with Crippen molar-refractivity contribution in [1.29, 1.82) is 0 Å². The van der Waals surface area contributed by atoms with Crippen LogP contribution < -0.4 is 0 Å². The molecule has 0 radical (unpaired) electrons. The third-order valence-electron chi connectivity index (χ3n) is 2.74. The van der Waals surface area contributed by atoms with Crippen LogP contribution in [0.2, 0.25) is 0 Å². The summed E-state index contributed by atoms with van der Waals surface area (Å²) < 4.78 is 15.7. The molecule has 0 bridgehead atoms. The normalized spacial score (nSPS) is 11.1. The molecule has 18 heavy (non-hydrogen) atoms. The van der Waals surface area contributed by atoms with E-state index in [0.29, 0.717) is 5.56 Å². The molecule has 0 N–H and O–H groups in total. The van der Waals surface area contributed by atoms with Gasteiger partial charge in [-0.15, -0.1) is 0 Å². The van der Waals surface area contributed by atoms with Crippen molar-refractivity contribution in [3.63, 3.8) is 0 Å². The molecule has 0 saturated heterocycles. The Labute approximate surface area is 111 Å². The molecule has 0 fully saturated rings. The first-order valence-corrected chi connectivity index (χ1v) is 6.21. The number of halogens is 2. The lowest BCUT2D eigenvalue weighted by Crippen LogP contribution is -1.94. The van der Waals surface area contributed by atoms with Crippen LogP contribution in [0, 0.1) is 12.7 Å². The van der Waals surface area contributed by atoms with Gasteiger partial charge in [0.15, 0.2) is 5.65 Å². The Balaban J connectivity index is 2.15. The summed E-state index contributed by atoms with van der Waals surface area (Å²) in [5, 5.41) is 4.44. The van der Waals surface area contributed by atoms with E-state index in [4.69, 9.17) is 0 Å². The summed E-state index contributed by atoms with van der Waals surface area (Å²) in [4.78, 5) is 4.24. The van der Waals surface area contributed by atoms with Crippen LogP contribution in [0.5, 0.6) is 0 Å². The van der Waals surface area contributed by atoms with Crippen molar-refractivity contribution in [3.8, 4) is 11.3 Å². The van der Waals surface area contributed by atoms with Crippen LogP contribution in [0.1, 0.15) is 5.56 Å². The second-order valence-electron chi connectivity index (χ2n) is 4.05. The molecule has 1 aromatic carbocycles. The number of benzene rings is 1. The molecule has 2 aromatic heterocycles. The van der Waals surface area contributed by atoms with Gasteiger partial charge in [0.1, 0.15) is 10.4 Å². The monoisotopic (exact) mass is 305 g/mol. The fourth-order valence-corrected chi connectivity index (χ4v) is 2.19. The zero-order valence-corrected chi connectivity index (χ0v) is 11.1. The van der Waals surface area contributed by atoms with Crippen LogP contribution in [-0.2, 0) is 0 Å². The summed E-state index contributed by atoms with van der Waals surface area (Å²) in [6, 6.07) is 8.73. The number of hydrogen-bond acceptors (Lipinski definition) is 2. The molecule has 0 atom stereocenters. The SMILES string of the molecule is Cc1cc(-c2ccc3nc(Br)cn3n2)ccc1F. The molecule has 3 aromatic rings. The molecule has 0 aliphatic rings. The predicted octanol–water partition coefficient (Wildman–Crippen LogP) is 3.61. The van der Waals surface area contributed by atoms with Crippen molar-refractivity contribution in [3.05, 3.63) is 52.5 Å². The van der Waals surface area contributed by atoms with Gasteiger partial charge >= 0.3 is 0 Å². The first-order valence-electron chi connectivity index (χ1n) is 5.42. The first kappa shape index (κ1) is 11.3.